The van der Waals surface area contributed by atoms with Gasteiger partial charge in [0.15, 0.2) is 0 Å². The molecule has 0 spiro atoms. The number of hydrogen-bond acceptors (Lipinski definition) is 4. The van der Waals surface area contributed by atoms with Gasteiger partial charge in [-0.25, -0.2) is 4.79 Å². The van der Waals surface area contributed by atoms with E-state index < -0.39 is 24.0 Å². The van der Waals surface area contributed by atoms with Crippen LogP contribution in [0.15, 0.2) is 0 Å². The Morgan fingerprint density at radius 2 is 1.80 bits per heavy atom. The summed E-state index contributed by atoms with van der Waals surface area (Å²) in [5.41, 5.74) is 0. The SMILES string of the molecule is CCCCCC(=O)CC(=O)NC(C[C@@H](O)CC)C(=O)O. The van der Waals surface area contributed by atoms with E-state index in [0.717, 1.165) is 19.3 Å². The van der Waals surface area contributed by atoms with Crippen LogP contribution >= 0.6 is 0 Å². The monoisotopic (exact) mass is 287 g/mol. The minimum atomic E-state index is -1.20. The quantitative estimate of drug-likeness (QED) is 0.392. The highest BCUT2D eigenvalue weighted by atomic mass is 16.4. The molecule has 0 aliphatic carbocycles. The Kier molecular flexibility index (Phi) is 9.63. The van der Waals surface area contributed by atoms with E-state index in [1.54, 1.807) is 6.92 Å². The summed E-state index contributed by atoms with van der Waals surface area (Å²) in [4.78, 5) is 34.1. The highest BCUT2D eigenvalue weighted by molar-refractivity contribution is 5.99. The molecule has 6 nitrogen and oxygen atoms in total. The van der Waals surface area contributed by atoms with Gasteiger partial charge in [-0.1, -0.05) is 26.7 Å². The van der Waals surface area contributed by atoms with Crippen LogP contribution in [0.4, 0.5) is 0 Å². The van der Waals surface area contributed by atoms with Crippen molar-refractivity contribution in [2.75, 3.05) is 0 Å². The fraction of sp³-hybridized carbons (Fsp3) is 0.786. The number of aliphatic carboxylic acids is 1. The van der Waals surface area contributed by atoms with Crippen LogP contribution in [0.1, 0.15) is 58.8 Å². The molecule has 2 atom stereocenters. The summed E-state index contributed by atoms with van der Waals surface area (Å²) in [7, 11) is 0. The highest BCUT2D eigenvalue weighted by Crippen LogP contribution is 2.05. The van der Waals surface area contributed by atoms with Gasteiger partial charge in [0.1, 0.15) is 11.8 Å². The third kappa shape index (κ3) is 8.63. The van der Waals surface area contributed by atoms with Crippen molar-refractivity contribution in [3.63, 3.8) is 0 Å². The molecule has 0 saturated heterocycles. The summed E-state index contributed by atoms with van der Waals surface area (Å²) in [5, 5.41) is 20.7. The fourth-order valence-electron chi connectivity index (χ4n) is 1.75. The number of hydrogen-bond donors (Lipinski definition) is 3. The molecule has 0 fully saturated rings. The van der Waals surface area contributed by atoms with Gasteiger partial charge < -0.3 is 15.5 Å². The van der Waals surface area contributed by atoms with E-state index in [1.807, 2.05) is 6.92 Å². The highest BCUT2D eigenvalue weighted by Gasteiger charge is 2.23. The lowest BCUT2D eigenvalue weighted by atomic mass is 10.1. The predicted molar refractivity (Wildman–Crippen MR) is 74.2 cm³/mol. The largest absolute Gasteiger partial charge is 0.480 e. The van der Waals surface area contributed by atoms with Gasteiger partial charge in [0.05, 0.1) is 12.5 Å². The van der Waals surface area contributed by atoms with Crippen molar-refractivity contribution < 1.29 is 24.6 Å². The first-order valence-electron chi connectivity index (χ1n) is 7.12. The minimum absolute atomic E-state index is 0.0540. The number of rotatable bonds is 11. The number of Topliss-reactive ketones (excluding diaryl/α,β-unsaturated/α-hetero) is 1. The second-order valence-electron chi connectivity index (χ2n) is 4.93. The van der Waals surface area contributed by atoms with Gasteiger partial charge >= 0.3 is 5.97 Å². The molecule has 0 aromatic heterocycles. The molecule has 20 heavy (non-hydrogen) atoms. The second kappa shape index (κ2) is 10.4. The maximum absolute atomic E-state index is 11.6. The summed E-state index contributed by atoms with van der Waals surface area (Å²) < 4.78 is 0. The van der Waals surface area contributed by atoms with Gasteiger partial charge in [0.2, 0.25) is 5.91 Å². The van der Waals surface area contributed by atoms with E-state index >= 15 is 0 Å². The summed E-state index contributed by atoms with van der Waals surface area (Å²) in [6.07, 6.45) is 2.31. The molecule has 0 aromatic rings. The number of aliphatic hydroxyl groups is 1. The Labute approximate surface area is 119 Å². The zero-order valence-corrected chi connectivity index (χ0v) is 12.2. The number of carboxylic acid groups (broad SMARTS) is 1. The molecule has 0 aromatic carbocycles. The molecule has 1 amide bonds. The van der Waals surface area contributed by atoms with Crippen molar-refractivity contribution in [3.8, 4) is 0 Å². The number of carbonyl (C=O) groups excluding carboxylic acids is 2. The average Bonchev–Trinajstić information content (AvgIpc) is 2.37. The van der Waals surface area contributed by atoms with Crippen molar-refractivity contribution in [3.05, 3.63) is 0 Å². The minimum Gasteiger partial charge on any atom is -0.480 e. The lowest BCUT2D eigenvalue weighted by molar-refractivity contribution is -0.143. The molecule has 3 N–H and O–H groups in total. The summed E-state index contributed by atoms with van der Waals surface area (Å²) in [5.74, 6) is -1.98. The number of carbonyl (C=O) groups is 3. The normalized spacial score (nSPS) is 13.6. The first kappa shape index (κ1) is 18.6. The molecule has 0 aliphatic heterocycles. The van der Waals surface area contributed by atoms with Crippen molar-refractivity contribution in [2.24, 2.45) is 0 Å². The molecule has 0 aliphatic rings. The Hall–Kier alpha value is -1.43. The van der Waals surface area contributed by atoms with Crippen molar-refractivity contribution >= 4 is 17.7 Å². The van der Waals surface area contributed by atoms with E-state index in [9.17, 15) is 19.5 Å². The number of carboxylic acids is 1. The van der Waals surface area contributed by atoms with Crippen LogP contribution in [0.3, 0.4) is 0 Å². The molecule has 116 valence electrons. The molecular formula is C14H25NO5. The summed E-state index contributed by atoms with van der Waals surface area (Å²) >= 11 is 0. The van der Waals surface area contributed by atoms with E-state index in [4.69, 9.17) is 5.11 Å². The van der Waals surface area contributed by atoms with Crippen molar-refractivity contribution in [1.82, 2.24) is 5.32 Å². The molecule has 1 unspecified atom stereocenters. The molecule has 0 bridgehead atoms. The number of nitrogens with one attached hydrogen (secondary N) is 1. The Morgan fingerprint density at radius 1 is 1.15 bits per heavy atom. The topological polar surface area (TPSA) is 104 Å². The van der Waals surface area contributed by atoms with E-state index in [2.05, 4.69) is 5.32 Å². The maximum Gasteiger partial charge on any atom is 0.326 e. The van der Waals surface area contributed by atoms with E-state index in [1.165, 1.54) is 0 Å². The molecule has 0 rings (SSSR count). The van der Waals surface area contributed by atoms with Gasteiger partial charge in [-0.3, -0.25) is 9.59 Å². The van der Waals surface area contributed by atoms with Crippen LogP contribution in [0.2, 0.25) is 0 Å². The Morgan fingerprint density at radius 3 is 2.30 bits per heavy atom. The van der Waals surface area contributed by atoms with Gasteiger partial charge in [-0.15, -0.1) is 0 Å². The van der Waals surface area contributed by atoms with Crippen LogP contribution in [0.5, 0.6) is 0 Å². The lowest BCUT2D eigenvalue weighted by Gasteiger charge is -2.17. The van der Waals surface area contributed by atoms with Crippen molar-refractivity contribution in [1.29, 1.82) is 0 Å². The predicted octanol–water partition coefficient (Wildman–Crippen LogP) is 1.26. The van der Waals surface area contributed by atoms with Crippen LogP contribution in [0.25, 0.3) is 0 Å². The van der Waals surface area contributed by atoms with E-state index in [-0.39, 0.29) is 18.6 Å². The maximum atomic E-state index is 11.6. The van der Waals surface area contributed by atoms with Gasteiger partial charge in [-0.2, -0.15) is 0 Å². The van der Waals surface area contributed by atoms with Gasteiger partial charge in [-0.05, 0) is 12.8 Å². The first-order valence-corrected chi connectivity index (χ1v) is 7.12. The lowest BCUT2D eigenvalue weighted by Crippen LogP contribution is -2.43. The molecule has 0 radical (unpaired) electrons. The van der Waals surface area contributed by atoms with Crippen LogP contribution in [-0.4, -0.2) is 40.0 Å². The van der Waals surface area contributed by atoms with Gasteiger partial charge in [0, 0.05) is 12.8 Å². The average molecular weight is 287 g/mol. The van der Waals surface area contributed by atoms with Crippen molar-refractivity contribution in [2.45, 2.75) is 70.9 Å². The Bertz CT molecular complexity index is 330. The number of amides is 1. The zero-order valence-electron chi connectivity index (χ0n) is 12.2. The van der Waals surface area contributed by atoms with Crippen LogP contribution < -0.4 is 5.32 Å². The first-order chi connectivity index (χ1) is 9.40. The van der Waals surface area contributed by atoms with Crippen LogP contribution in [0, 0.1) is 0 Å². The number of unbranched alkanes of at least 4 members (excludes halogenated alkanes) is 2. The Balaban J connectivity index is 4.19. The number of aliphatic hydroxyl groups excluding tert-OH is 1. The molecule has 0 heterocycles. The summed E-state index contributed by atoms with van der Waals surface area (Å²) in [6.45, 7) is 3.75. The summed E-state index contributed by atoms with van der Waals surface area (Å²) in [6, 6.07) is -1.15. The zero-order chi connectivity index (χ0) is 15.5. The fourth-order valence-corrected chi connectivity index (χ4v) is 1.75. The van der Waals surface area contributed by atoms with Gasteiger partial charge in [0.25, 0.3) is 0 Å². The molecular weight excluding hydrogens is 262 g/mol. The second-order valence-corrected chi connectivity index (χ2v) is 4.93. The van der Waals surface area contributed by atoms with E-state index in [0.29, 0.717) is 12.8 Å². The third-order valence-corrected chi connectivity index (χ3v) is 3.03. The molecule has 6 heteroatoms. The third-order valence-electron chi connectivity index (χ3n) is 3.03. The standard InChI is InChI=1S/C14H25NO5/c1-3-5-6-7-11(17)9-13(18)15-12(14(19)20)8-10(16)4-2/h10,12,16H,3-9H2,1-2H3,(H,15,18)(H,19,20)/t10-,12?/m0/s1. The van der Waals surface area contributed by atoms with Crippen LogP contribution in [-0.2, 0) is 14.4 Å². The smallest absolute Gasteiger partial charge is 0.326 e. The molecule has 0 saturated carbocycles. The number of ketones is 1.